The van der Waals surface area contributed by atoms with E-state index in [4.69, 9.17) is 0 Å². The van der Waals surface area contributed by atoms with Crippen LogP contribution in [0.25, 0.3) is 0 Å². The quantitative estimate of drug-likeness (QED) is 0.776. The number of amides is 1. The summed E-state index contributed by atoms with van der Waals surface area (Å²) in [5.41, 5.74) is 0. The third-order valence-corrected chi connectivity index (χ3v) is 4.11. The molecule has 0 bridgehead atoms. The summed E-state index contributed by atoms with van der Waals surface area (Å²) in [5, 5.41) is 3.15. The summed E-state index contributed by atoms with van der Waals surface area (Å²) in [7, 11) is 0. The number of carbonyl (C=O) groups is 1. The van der Waals surface area contributed by atoms with Gasteiger partial charge < -0.3 is 5.32 Å². The van der Waals surface area contributed by atoms with E-state index in [0.29, 0.717) is 16.8 Å². The Morgan fingerprint density at radius 2 is 1.79 bits per heavy atom. The summed E-state index contributed by atoms with van der Waals surface area (Å²) < 4.78 is 0. The minimum absolute atomic E-state index is 0.283. The van der Waals surface area contributed by atoms with Crippen molar-refractivity contribution < 1.29 is 4.79 Å². The van der Waals surface area contributed by atoms with Gasteiger partial charge in [0.1, 0.15) is 0 Å². The van der Waals surface area contributed by atoms with Crippen LogP contribution in [0.5, 0.6) is 0 Å². The van der Waals surface area contributed by atoms with Gasteiger partial charge in [-0.15, -0.1) is 0 Å². The third-order valence-electron chi connectivity index (χ3n) is 3.19. The molecule has 2 saturated carbocycles. The first-order chi connectivity index (χ1) is 6.74. The molecule has 0 spiro atoms. The molecule has 0 aromatic carbocycles. The van der Waals surface area contributed by atoms with Gasteiger partial charge in [0.05, 0.1) is 0 Å². The molecule has 0 heterocycles. The van der Waals surface area contributed by atoms with Gasteiger partial charge in [-0.1, -0.05) is 15.9 Å². The lowest BCUT2D eigenvalue weighted by Gasteiger charge is -2.26. The molecule has 14 heavy (non-hydrogen) atoms. The molecule has 1 N–H and O–H groups in total. The van der Waals surface area contributed by atoms with Crippen LogP contribution in [0.1, 0.15) is 44.9 Å². The van der Waals surface area contributed by atoms with Crippen molar-refractivity contribution in [3.05, 3.63) is 0 Å². The second-order valence-corrected chi connectivity index (χ2v) is 5.96. The molecule has 2 aliphatic rings. The van der Waals surface area contributed by atoms with E-state index in [1.54, 1.807) is 0 Å². The Labute approximate surface area is 94.0 Å². The summed E-state index contributed by atoms with van der Waals surface area (Å²) >= 11 is 3.62. The molecular weight excluding hydrogens is 242 g/mol. The van der Waals surface area contributed by atoms with Gasteiger partial charge in [-0.3, -0.25) is 4.79 Å². The van der Waals surface area contributed by atoms with E-state index in [1.165, 1.54) is 25.7 Å². The molecule has 0 unspecified atom stereocenters. The Morgan fingerprint density at radius 1 is 1.14 bits per heavy atom. The van der Waals surface area contributed by atoms with E-state index in [2.05, 4.69) is 21.2 Å². The van der Waals surface area contributed by atoms with Crippen molar-refractivity contribution in [1.82, 2.24) is 5.32 Å². The molecule has 0 radical (unpaired) electrons. The zero-order valence-electron chi connectivity index (χ0n) is 8.47. The normalized spacial score (nSPS) is 32.6. The van der Waals surface area contributed by atoms with Gasteiger partial charge in [0.25, 0.3) is 0 Å². The summed E-state index contributed by atoms with van der Waals surface area (Å²) in [6.07, 6.45) is 8.00. The monoisotopic (exact) mass is 259 g/mol. The Kier molecular flexibility index (Phi) is 3.47. The highest BCUT2D eigenvalue weighted by molar-refractivity contribution is 9.09. The van der Waals surface area contributed by atoms with Crippen molar-refractivity contribution in [2.24, 2.45) is 5.92 Å². The minimum atomic E-state index is 0.283. The average molecular weight is 260 g/mol. The molecule has 2 nitrogen and oxygen atoms in total. The number of hydrogen-bond donors (Lipinski definition) is 1. The summed E-state index contributed by atoms with van der Waals surface area (Å²) in [6.45, 7) is 0. The highest BCUT2D eigenvalue weighted by atomic mass is 79.9. The van der Waals surface area contributed by atoms with Gasteiger partial charge >= 0.3 is 0 Å². The molecule has 2 aliphatic carbocycles. The zero-order chi connectivity index (χ0) is 9.97. The Hall–Kier alpha value is -0.0500. The number of halogens is 1. The highest BCUT2D eigenvalue weighted by Gasteiger charge is 2.26. The van der Waals surface area contributed by atoms with Gasteiger partial charge in [0.15, 0.2) is 0 Å². The van der Waals surface area contributed by atoms with Crippen LogP contribution in [0.2, 0.25) is 0 Å². The fraction of sp³-hybridized carbons (Fsp3) is 0.909. The molecule has 3 heteroatoms. The van der Waals surface area contributed by atoms with E-state index in [1.807, 2.05) is 0 Å². The van der Waals surface area contributed by atoms with Crippen LogP contribution < -0.4 is 5.32 Å². The lowest BCUT2D eigenvalue weighted by Crippen LogP contribution is -2.37. The summed E-state index contributed by atoms with van der Waals surface area (Å²) in [5.74, 6) is 0.994. The molecule has 2 fully saturated rings. The third kappa shape index (κ3) is 3.26. The Bertz CT molecular complexity index is 207. The smallest absolute Gasteiger partial charge is 0.220 e. The zero-order valence-corrected chi connectivity index (χ0v) is 10.1. The number of alkyl halides is 1. The van der Waals surface area contributed by atoms with E-state index in [-0.39, 0.29) is 5.91 Å². The number of rotatable bonds is 3. The standard InChI is InChI=1S/C11H18BrNO/c12-9-3-5-10(6-4-9)13-11(14)7-8-1-2-8/h8-10H,1-7H2,(H,13,14). The largest absolute Gasteiger partial charge is 0.353 e. The molecule has 0 aliphatic heterocycles. The first-order valence-electron chi connectivity index (χ1n) is 5.67. The van der Waals surface area contributed by atoms with E-state index < -0.39 is 0 Å². The van der Waals surface area contributed by atoms with Crippen LogP contribution in [0.15, 0.2) is 0 Å². The second kappa shape index (κ2) is 4.65. The van der Waals surface area contributed by atoms with Crippen LogP contribution >= 0.6 is 15.9 Å². The molecule has 0 saturated heterocycles. The van der Waals surface area contributed by atoms with E-state index in [9.17, 15) is 4.79 Å². The van der Waals surface area contributed by atoms with Crippen molar-refractivity contribution in [2.45, 2.75) is 55.8 Å². The van der Waals surface area contributed by atoms with Crippen molar-refractivity contribution in [1.29, 1.82) is 0 Å². The number of carbonyl (C=O) groups excluding carboxylic acids is 1. The number of hydrogen-bond acceptors (Lipinski definition) is 1. The van der Waals surface area contributed by atoms with Crippen LogP contribution in [0.3, 0.4) is 0 Å². The van der Waals surface area contributed by atoms with Crippen molar-refractivity contribution >= 4 is 21.8 Å². The molecule has 2 rings (SSSR count). The first-order valence-corrected chi connectivity index (χ1v) is 6.59. The van der Waals surface area contributed by atoms with Crippen LogP contribution in [-0.2, 0) is 4.79 Å². The fourth-order valence-corrected chi connectivity index (χ4v) is 2.60. The van der Waals surface area contributed by atoms with Crippen molar-refractivity contribution in [3.63, 3.8) is 0 Å². The predicted molar refractivity (Wildman–Crippen MR) is 60.5 cm³/mol. The van der Waals surface area contributed by atoms with Crippen LogP contribution in [0, 0.1) is 5.92 Å². The maximum Gasteiger partial charge on any atom is 0.220 e. The molecule has 0 aromatic rings. The first kappa shape index (κ1) is 10.5. The lowest BCUT2D eigenvalue weighted by atomic mass is 9.95. The lowest BCUT2D eigenvalue weighted by molar-refractivity contribution is -0.122. The Morgan fingerprint density at radius 3 is 2.36 bits per heavy atom. The molecule has 0 aromatic heterocycles. The summed E-state index contributed by atoms with van der Waals surface area (Å²) in [4.78, 5) is 12.2. The maximum atomic E-state index is 11.5. The topological polar surface area (TPSA) is 29.1 Å². The van der Waals surface area contributed by atoms with Crippen LogP contribution in [-0.4, -0.2) is 16.8 Å². The second-order valence-electron chi connectivity index (χ2n) is 4.66. The SMILES string of the molecule is O=C(CC1CC1)NC1CCC(Br)CC1. The van der Waals surface area contributed by atoms with Crippen LogP contribution in [0.4, 0.5) is 0 Å². The van der Waals surface area contributed by atoms with Gasteiger partial charge in [0, 0.05) is 17.3 Å². The molecule has 1 amide bonds. The van der Waals surface area contributed by atoms with Gasteiger partial charge in [-0.05, 0) is 44.4 Å². The average Bonchev–Trinajstić information content (AvgIpc) is 2.93. The number of nitrogens with one attached hydrogen (secondary N) is 1. The van der Waals surface area contributed by atoms with Crippen molar-refractivity contribution in [3.8, 4) is 0 Å². The van der Waals surface area contributed by atoms with E-state index in [0.717, 1.165) is 19.3 Å². The molecular formula is C11H18BrNO. The van der Waals surface area contributed by atoms with Gasteiger partial charge in [-0.25, -0.2) is 0 Å². The highest BCUT2D eigenvalue weighted by Crippen LogP contribution is 2.32. The molecule has 0 atom stereocenters. The van der Waals surface area contributed by atoms with E-state index >= 15 is 0 Å². The summed E-state index contributed by atoms with van der Waals surface area (Å²) in [6, 6.07) is 0.454. The van der Waals surface area contributed by atoms with Gasteiger partial charge in [0.2, 0.25) is 5.91 Å². The predicted octanol–water partition coefficient (Wildman–Crippen LogP) is 2.61. The maximum absolute atomic E-state index is 11.5. The Balaban J connectivity index is 1.66. The molecule has 80 valence electrons. The fourth-order valence-electron chi connectivity index (χ4n) is 2.07. The van der Waals surface area contributed by atoms with Gasteiger partial charge in [-0.2, -0.15) is 0 Å². The minimum Gasteiger partial charge on any atom is -0.353 e. The van der Waals surface area contributed by atoms with Crippen molar-refractivity contribution in [2.75, 3.05) is 0 Å².